The molecule has 10 heteroatoms. The van der Waals surface area contributed by atoms with E-state index in [4.69, 9.17) is 14.2 Å². The second kappa shape index (κ2) is 9.18. The van der Waals surface area contributed by atoms with Gasteiger partial charge >= 0.3 is 0 Å². The summed E-state index contributed by atoms with van der Waals surface area (Å²) in [5, 5.41) is 9.56. The third-order valence-corrected chi connectivity index (χ3v) is 7.16. The molecule has 1 atom stereocenters. The van der Waals surface area contributed by atoms with Gasteiger partial charge in [0.05, 0.1) is 30.6 Å². The SMILES string of the molecule is COc1ccc2ncc3c(c2n1)NC(C1CCC(NC(=O)c2ccc4c(c2)NC(=O)CO4)CC1)CO3. The topological polar surface area (TPSA) is 124 Å². The molecule has 36 heavy (non-hydrogen) atoms. The summed E-state index contributed by atoms with van der Waals surface area (Å²) >= 11 is 0. The van der Waals surface area contributed by atoms with Crippen LogP contribution >= 0.6 is 0 Å². The molecule has 1 aliphatic carbocycles. The number of hydrogen-bond acceptors (Lipinski definition) is 8. The van der Waals surface area contributed by atoms with E-state index in [1.807, 2.05) is 6.07 Å². The van der Waals surface area contributed by atoms with Crippen molar-refractivity contribution in [1.29, 1.82) is 0 Å². The summed E-state index contributed by atoms with van der Waals surface area (Å²) in [6, 6.07) is 9.05. The molecular weight excluding hydrogens is 462 g/mol. The van der Waals surface area contributed by atoms with Crippen LogP contribution in [-0.2, 0) is 4.79 Å². The van der Waals surface area contributed by atoms with E-state index in [1.54, 1.807) is 37.6 Å². The van der Waals surface area contributed by atoms with Crippen molar-refractivity contribution in [2.75, 3.05) is 31.0 Å². The van der Waals surface area contributed by atoms with Gasteiger partial charge in [-0.25, -0.2) is 4.98 Å². The van der Waals surface area contributed by atoms with Gasteiger partial charge < -0.3 is 30.2 Å². The molecule has 6 rings (SSSR count). The molecule has 2 aliphatic heterocycles. The maximum absolute atomic E-state index is 12.9. The number of rotatable bonds is 4. The fourth-order valence-corrected chi connectivity index (χ4v) is 5.21. The molecule has 2 aromatic heterocycles. The third-order valence-electron chi connectivity index (χ3n) is 7.16. The number of ether oxygens (including phenoxy) is 3. The molecule has 3 aromatic rings. The molecule has 1 saturated carbocycles. The van der Waals surface area contributed by atoms with Crippen LogP contribution in [0.15, 0.2) is 36.5 Å². The molecule has 1 fully saturated rings. The molecule has 10 nitrogen and oxygen atoms in total. The molecule has 0 radical (unpaired) electrons. The predicted octanol–water partition coefficient (Wildman–Crippen LogP) is 3.13. The number of nitrogens with one attached hydrogen (secondary N) is 3. The predicted molar refractivity (Wildman–Crippen MR) is 133 cm³/mol. The molecule has 1 aromatic carbocycles. The zero-order chi connectivity index (χ0) is 24.6. The number of benzene rings is 1. The first-order valence-corrected chi connectivity index (χ1v) is 12.2. The Morgan fingerprint density at radius 3 is 2.81 bits per heavy atom. The number of fused-ring (bicyclic) bond motifs is 4. The highest BCUT2D eigenvalue weighted by Crippen LogP contribution is 2.38. The number of amides is 2. The van der Waals surface area contributed by atoms with Gasteiger partial charge in [-0.15, -0.1) is 0 Å². The normalized spacial score (nSPS) is 22.7. The van der Waals surface area contributed by atoms with Gasteiger partial charge in [-0.2, -0.15) is 0 Å². The van der Waals surface area contributed by atoms with Gasteiger partial charge in [0.1, 0.15) is 23.6 Å². The lowest BCUT2D eigenvalue weighted by Gasteiger charge is -2.37. The number of pyridine rings is 2. The van der Waals surface area contributed by atoms with Gasteiger partial charge in [0, 0.05) is 17.7 Å². The van der Waals surface area contributed by atoms with Crippen LogP contribution in [0, 0.1) is 5.92 Å². The van der Waals surface area contributed by atoms with E-state index >= 15 is 0 Å². The van der Waals surface area contributed by atoms with Crippen molar-refractivity contribution in [3.63, 3.8) is 0 Å². The van der Waals surface area contributed by atoms with Crippen molar-refractivity contribution in [2.24, 2.45) is 5.92 Å². The number of methoxy groups -OCH3 is 1. The van der Waals surface area contributed by atoms with Gasteiger partial charge in [-0.05, 0) is 55.9 Å². The summed E-state index contributed by atoms with van der Waals surface area (Å²) in [6.45, 7) is 0.556. The quantitative estimate of drug-likeness (QED) is 0.511. The highest BCUT2D eigenvalue weighted by Gasteiger charge is 2.32. The number of nitrogens with zero attached hydrogens (tertiary/aromatic N) is 2. The van der Waals surface area contributed by atoms with Crippen LogP contribution in [0.1, 0.15) is 36.0 Å². The lowest BCUT2D eigenvalue weighted by atomic mass is 9.81. The van der Waals surface area contributed by atoms with Gasteiger partial charge in [0.2, 0.25) is 5.88 Å². The summed E-state index contributed by atoms with van der Waals surface area (Å²) in [5.41, 5.74) is 3.41. The van der Waals surface area contributed by atoms with Gasteiger partial charge in [-0.3, -0.25) is 14.6 Å². The van der Waals surface area contributed by atoms with E-state index in [1.165, 1.54) is 0 Å². The Bertz CT molecular complexity index is 1330. The highest BCUT2D eigenvalue weighted by atomic mass is 16.5. The molecule has 186 valence electrons. The molecular formula is C26H27N5O5. The highest BCUT2D eigenvalue weighted by molar-refractivity contribution is 6.00. The van der Waals surface area contributed by atoms with Crippen LogP contribution in [0.25, 0.3) is 11.0 Å². The van der Waals surface area contributed by atoms with Crippen LogP contribution in [0.2, 0.25) is 0 Å². The van der Waals surface area contributed by atoms with Crippen molar-refractivity contribution in [3.05, 3.63) is 42.1 Å². The second-order valence-corrected chi connectivity index (χ2v) is 9.41. The van der Waals surface area contributed by atoms with E-state index in [0.29, 0.717) is 41.2 Å². The Hall–Kier alpha value is -4.08. The van der Waals surface area contributed by atoms with Gasteiger partial charge in [-0.1, -0.05) is 0 Å². The van der Waals surface area contributed by atoms with Crippen LogP contribution < -0.4 is 30.2 Å². The number of carbonyl (C=O) groups is 2. The Balaban J connectivity index is 1.09. The number of hydrogen-bond donors (Lipinski definition) is 3. The minimum Gasteiger partial charge on any atom is -0.488 e. The summed E-state index contributed by atoms with van der Waals surface area (Å²) < 4.78 is 16.7. The molecule has 0 bridgehead atoms. The smallest absolute Gasteiger partial charge is 0.262 e. The van der Waals surface area contributed by atoms with E-state index in [9.17, 15) is 9.59 Å². The monoisotopic (exact) mass is 489 g/mol. The van der Waals surface area contributed by atoms with Crippen molar-refractivity contribution < 1.29 is 23.8 Å². The molecule has 3 N–H and O–H groups in total. The molecule has 1 unspecified atom stereocenters. The van der Waals surface area contributed by atoms with Gasteiger partial charge in [0.15, 0.2) is 12.4 Å². The van der Waals surface area contributed by atoms with Crippen LogP contribution in [0.3, 0.4) is 0 Å². The van der Waals surface area contributed by atoms with E-state index in [-0.39, 0.29) is 30.5 Å². The number of aromatic nitrogens is 2. The van der Waals surface area contributed by atoms with Crippen molar-refractivity contribution >= 4 is 34.2 Å². The molecule has 2 amide bonds. The maximum Gasteiger partial charge on any atom is 0.262 e. The van der Waals surface area contributed by atoms with E-state index < -0.39 is 0 Å². The van der Waals surface area contributed by atoms with Crippen LogP contribution in [-0.4, -0.2) is 54.2 Å². The van der Waals surface area contributed by atoms with Crippen molar-refractivity contribution in [1.82, 2.24) is 15.3 Å². The Kier molecular flexibility index (Phi) is 5.71. The van der Waals surface area contributed by atoms with E-state index in [2.05, 4.69) is 25.9 Å². The van der Waals surface area contributed by atoms with E-state index in [0.717, 1.165) is 42.4 Å². The molecule has 3 aliphatic rings. The second-order valence-electron chi connectivity index (χ2n) is 9.41. The van der Waals surface area contributed by atoms with Crippen LogP contribution in [0.5, 0.6) is 17.4 Å². The Morgan fingerprint density at radius 2 is 1.97 bits per heavy atom. The number of carbonyl (C=O) groups excluding carboxylic acids is 2. The first-order chi connectivity index (χ1) is 17.6. The summed E-state index contributed by atoms with van der Waals surface area (Å²) in [7, 11) is 1.60. The first kappa shape index (κ1) is 22.4. The van der Waals surface area contributed by atoms with Crippen molar-refractivity contribution in [3.8, 4) is 17.4 Å². The molecule has 0 saturated heterocycles. The largest absolute Gasteiger partial charge is 0.488 e. The minimum atomic E-state index is -0.222. The minimum absolute atomic E-state index is 0.00786. The fourth-order valence-electron chi connectivity index (χ4n) is 5.21. The lowest BCUT2D eigenvalue weighted by Crippen LogP contribution is -2.43. The molecule has 0 spiro atoms. The Labute approximate surface area is 207 Å². The maximum atomic E-state index is 12.9. The van der Waals surface area contributed by atoms with Gasteiger partial charge in [0.25, 0.3) is 11.8 Å². The Morgan fingerprint density at radius 1 is 1.11 bits per heavy atom. The summed E-state index contributed by atoms with van der Waals surface area (Å²) in [4.78, 5) is 33.5. The standard InChI is InChI=1S/C26H27N5O5/c1-34-23-9-7-17-24(31-23)25-21(11-27-17)35-12-19(30-25)14-2-5-16(6-3-14)28-26(33)15-4-8-20-18(10-15)29-22(32)13-36-20/h4,7-11,14,16,19,30H,2-3,5-6,12-13H2,1H3,(H,28,33)(H,29,32). The zero-order valence-electron chi connectivity index (χ0n) is 19.9. The molecule has 4 heterocycles. The summed E-state index contributed by atoms with van der Waals surface area (Å²) in [6.07, 6.45) is 5.44. The third kappa shape index (κ3) is 4.23. The first-order valence-electron chi connectivity index (χ1n) is 12.2. The zero-order valence-corrected chi connectivity index (χ0v) is 19.9. The summed E-state index contributed by atoms with van der Waals surface area (Å²) in [5.74, 6) is 1.86. The lowest BCUT2D eigenvalue weighted by molar-refractivity contribution is -0.118. The average Bonchev–Trinajstić information content (AvgIpc) is 2.92. The van der Waals surface area contributed by atoms with Crippen molar-refractivity contribution in [2.45, 2.75) is 37.8 Å². The number of anilines is 2. The fraction of sp³-hybridized carbons (Fsp3) is 0.385. The average molecular weight is 490 g/mol. The van der Waals surface area contributed by atoms with Crippen LogP contribution in [0.4, 0.5) is 11.4 Å².